The maximum absolute atomic E-state index is 14.0. The second-order valence-electron chi connectivity index (χ2n) is 10.4. The van der Waals surface area contributed by atoms with Crippen molar-refractivity contribution in [2.75, 3.05) is 0 Å². The molecule has 5 rings (SSSR count). The van der Waals surface area contributed by atoms with Crippen molar-refractivity contribution in [3.8, 4) is 11.1 Å². The molecule has 1 heterocycles. The highest BCUT2D eigenvalue weighted by molar-refractivity contribution is 5.97. The number of carbonyl (C=O) groups excluding carboxylic acids is 3. The van der Waals surface area contributed by atoms with E-state index in [1.807, 2.05) is 43.5 Å². The summed E-state index contributed by atoms with van der Waals surface area (Å²) in [6, 6.07) is 27.4. The minimum absolute atomic E-state index is 0.00605. The minimum Gasteiger partial charge on any atom is -0.337 e. The fourth-order valence-electron chi connectivity index (χ4n) is 4.87. The minimum atomic E-state index is -4.65. The van der Waals surface area contributed by atoms with E-state index >= 15 is 0 Å². The molecule has 6 nitrogen and oxygen atoms in total. The molecule has 4 aromatic carbocycles. The molecule has 0 aliphatic heterocycles. The van der Waals surface area contributed by atoms with Gasteiger partial charge in [-0.3, -0.25) is 4.79 Å². The highest BCUT2D eigenvalue weighted by Crippen LogP contribution is 2.34. The number of benzene rings is 4. The molecule has 0 fully saturated rings. The van der Waals surface area contributed by atoms with Crippen molar-refractivity contribution in [2.45, 2.75) is 45.5 Å². The lowest BCUT2D eigenvalue weighted by Crippen LogP contribution is -2.38. The van der Waals surface area contributed by atoms with E-state index in [1.54, 1.807) is 30.3 Å². The highest BCUT2D eigenvalue weighted by Gasteiger charge is 2.42. The number of fused-ring (bicyclic) bond motifs is 1. The van der Waals surface area contributed by atoms with Crippen LogP contribution in [0.3, 0.4) is 0 Å². The van der Waals surface area contributed by atoms with Gasteiger partial charge in [-0.25, -0.2) is 4.98 Å². The van der Waals surface area contributed by atoms with Gasteiger partial charge in [-0.05, 0) is 58.9 Å². The molecule has 9 heteroatoms. The number of aryl methyl sites for hydroxylation is 1. The van der Waals surface area contributed by atoms with Gasteiger partial charge in [0.1, 0.15) is 5.82 Å². The van der Waals surface area contributed by atoms with Gasteiger partial charge in [0.2, 0.25) is 0 Å². The van der Waals surface area contributed by atoms with E-state index in [0.29, 0.717) is 12.1 Å². The summed E-state index contributed by atoms with van der Waals surface area (Å²) in [5.41, 5.74) is 5.61. The number of rotatable bonds is 7. The van der Waals surface area contributed by atoms with Crippen molar-refractivity contribution in [3.05, 3.63) is 125 Å². The van der Waals surface area contributed by atoms with Crippen LogP contribution < -0.4 is 5.32 Å². The molecule has 0 unspecified atom stereocenters. The molecule has 0 bridgehead atoms. The molecule has 5 aromatic rings. The van der Waals surface area contributed by atoms with Gasteiger partial charge in [0.05, 0.1) is 11.0 Å². The van der Waals surface area contributed by atoms with E-state index < -0.39 is 18.1 Å². The standard InChI is InChI=1S/C33H30F3N3O.CO2/c1-21(2)26-10-7-11-27(18-26)31(33(34,35)36)38-32(40)28-16-17-30-29(19-28)37-22(3)39(30)20-23-12-14-25(15-13-23)24-8-5-4-6-9-24;2-1-3/h4-19,21,31H,20H2,1-3H3,(H,38,40);/t31-;/m1./s1. The van der Waals surface area contributed by atoms with Crippen molar-refractivity contribution in [1.29, 1.82) is 0 Å². The zero-order valence-electron chi connectivity index (χ0n) is 23.9. The van der Waals surface area contributed by atoms with Gasteiger partial charge in [-0.15, -0.1) is 0 Å². The molecular formula is C34H30F3N3O3. The summed E-state index contributed by atoms with van der Waals surface area (Å²) < 4.78 is 44.1. The number of halogens is 3. The summed E-state index contributed by atoms with van der Waals surface area (Å²) in [5.74, 6) is 0.00772. The molecule has 0 saturated carbocycles. The number of amides is 1. The Bertz CT molecular complexity index is 1740. The number of carbonyl (C=O) groups is 1. The van der Waals surface area contributed by atoms with Crippen LogP contribution in [-0.4, -0.2) is 27.8 Å². The second kappa shape index (κ2) is 13.3. The Hall–Kier alpha value is -5.01. The lowest BCUT2D eigenvalue weighted by molar-refractivity contribution is -0.191. The Morgan fingerprint density at radius 3 is 2.12 bits per heavy atom. The van der Waals surface area contributed by atoms with Crippen LogP contribution in [0.1, 0.15) is 58.7 Å². The van der Waals surface area contributed by atoms with E-state index in [0.717, 1.165) is 33.6 Å². The van der Waals surface area contributed by atoms with Crippen LogP contribution >= 0.6 is 0 Å². The molecule has 0 radical (unpaired) electrons. The monoisotopic (exact) mass is 585 g/mol. The van der Waals surface area contributed by atoms with Crippen molar-refractivity contribution >= 4 is 23.1 Å². The molecule has 0 saturated heterocycles. The molecule has 1 atom stereocenters. The predicted molar refractivity (Wildman–Crippen MR) is 157 cm³/mol. The third kappa shape index (κ3) is 7.45. The largest absolute Gasteiger partial charge is 0.412 e. The smallest absolute Gasteiger partial charge is 0.337 e. The highest BCUT2D eigenvalue weighted by atomic mass is 19.4. The van der Waals surface area contributed by atoms with Gasteiger partial charge in [0.15, 0.2) is 6.04 Å². The van der Waals surface area contributed by atoms with E-state index in [9.17, 15) is 18.0 Å². The van der Waals surface area contributed by atoms with Crippen LogP contribution in [0, 0.1) is 6.92 Å². The Kier molecular flexibility index (Phi) is 9.58. The van der Waals surface area contributed by atoms with E-state index in [-0.39, 0.29) is 23.2 Å². The van der Waals surface area contributed by atoms with Gasteiger partial charge in [0.25, 0.3) is 5.91 Å². The van der Waals surface area contributed by atoms with Crippen LogP contribution in [0.25, 0.3) is 22.2 Å². The summed E-state index contributed by atoms with van der Waals surface area (Å²) >= 11 is 0. The van der Waals surface area contributed by atoms with Gasteiger partial charge in [0, 0.05) is 12.1 Å². The number of hydrogen-bond acceptors (Lipinski definition) is 4. The number of alkyl halides is 3. The van der Waals surface area contributed by atoms with Gasteiger partial charge in [-0.1, -0.05) is 92.7 Å². The first-order valence-corrected chi connectivity index (χ1v) is 13.6. The lowest BCUT2D eigenvalue weighted by atomic mass is 9.97. The fraction of sp³-hybridized carbons (Fsp3) is 0.206. The van der Waals surface area contributed by atoms with Crippen molar-refractivity contribution in [3.63, 3.8) is 0 Å². The topological polar surface area (TPSA) is 81.1 Å². The average molecular weight is 586 g/mol. The third-order valence-electron chi connectivity index (χ3n) is 7.12. The fourth-order valence-corrected chi connectivity index (χ4v) is 4.87. The first kappa shape index (κ1) is 30.9. The maximum Gasteiger partial charge on any atom is 0.412 e. The first-order valence-electron chi connectivity index (χ1n) is 13.6. The average Bonchev–Trinajstić information content (AvgIpc) is 3.30. The number of nitrogens with zero attached hydrogens (tertiary/aromatic N) is 2. The van der Waals surface area contributed by atoms with Crippen LogP contribution in [0.2, 0.25) is 0 Å². The van der Waals surface area contributed by atoms with Crippen LogP contribution in [-0.2, 0) is 16.1 Å². The molecular weight excluding hydrogens is 555 g/mol. The summed E-state index contributed by atoms with van der Waals surface area (Å²) in [6.45, 7) is 6.28. The summed E-state index contributed by atoms with van der Waals surface area (Å²) in [4.78, 5) is 33.9. The van der Waals surface area contributed by atoms with E-state index in [4.69, 9.17) is 9.59 Å². The SMILES string of the molecule is Cc1nc2cc(C(=O)N[C@H](c3cccc(C(C)C)c3)C(F)(F)F)ccc2n1Cc1ccc(-c2ccccc2)cc1.O=C=O. The summed E-state index contributed by atoms with van der Waals surface area (Å²) in [6.07, 6.45) is -4.40. The number of imidazole rings is 1. The lowest BCUT2D eigenvalue weighted by Gasteiger charge is -2.23. The van der Waals surface area contributed by atoms with Crippen molar-refractivity contribution in [1.82, 2.24) is 14.9 Å². The molecule has 43 heavy (non-hydrogen) atoms. The molecule has 0 aliphatic carbocycles. The van der Waals surface area contributed by atoms with Crippen LogP contribution in [0.5, 0.6) is 0 Å². The van der Waals surface area contributed by atoms with Crippen molar-refractivity contribution < 1.29 is 27.6 Å². The Labute approximate surface area is 247 Å². The molecule has 220 valence electrons. The molecule has 0 aliphatic rings. The van der Waals surface area contributed by atoms with Gasteiger partial charge < -0.3 is 9.88 Å². The summed E-state index contributed by atoms with van der Waals surface area (Å²) in [7, 11) is 0. The number of hydrogen-bond donors (Lipinski definition) is 1. The number of aromatic nitrogens is 2. The first-order chi connectivity index (χ1) is 20.5. The normalized spacial score (nSPS) is 11.9. The molecule has 0 spiro atoms. The third-order valence-corrected chi connectivity index (χ3v) is 7.12. The van der Waals surface area contributed by atoms with Crippen LogP contribution in [0.4, 0.5) is 13.2 Å². The van der Waals surface area contributed by atoms with Gasteiger partial charge >= 0.3 is 12.3 Å². The Morgan fingerprint density at radius 1 is 0.860 bits per heavy atom. The predicted octanol–water partition coefficient (Wildman–Crippen LogP) is 7.63. The summed E-state index contributed by atoms with van der Waals surface area (Å²) in [5, 5.41) is 2.20. The van der Waals surface area contributed by atoms with Crippen LogP contribution in [0.15, 0.2) is 97.1 Å². The Morgan fingerprint density at radius 2 is 1.49 bits per heavy atom. The quantitative estimate of drug-likeness (QED) is 0.213. The second-order valence-corrected chi connectivity index (χ2v) is 10.4. The van der Waals surface area contributed by atoms with Crippen molar-refractivity contribution in [2.24, 2.45) is 0 Å². The molecule has 1 aromatic heterocycles. The Balaban J connectivity index is 0.00000135. The maximum atomic E-state index is 14.0. The van der Waals surface area contributed by atoms with E-state index in [1.165, 1.54) is 12.1 Å². The zero-order chi connectivity index (χ0) is 31.1. The molecule has 1 amide bonds. The number of nitrogens with one attached hydrogen (secondary N) is 1. The van der Waals surface area contributed by atoms with E-state index in [2.05, 4.69) is 46.7 Å². The molecule has 1 N–H and O–H groups in total. The van der Waals surface area contributed by atoms with Gasteiger partial charge in [-0.2, -0.15) is 22.8 Å². The zero-order valence-corrected chi connectivity index (χ0v) is 23.9.